The fourth-order valence-corrected chi connectivity index (χ4v) is 7.63. The molecular formula is C34H13Cl3O2. The minimum Gasteiger partial charge on any atom is -0.289 e. The third-order valence-electron chi connectivity index (χ3n) is 8.53. The quantitative estimate of drug-likeness (QED) is 0.105. The van der Waals surface area contributed by atoms with Gasteiger partial charge in [0.05, 0.1) is 20.6 Å². The van der Waals surface area contributed by atoms with Gasteiger partial charge in [0.1, 0.15) is 0 Å². The summed E-state index contributed by atoms with van der Waals surface area (Å²) in [5.41, 5.74) is 6.06. The molecule has 2 aliphatic carbocycles. The van der Waals surface area contributed by atoms with Gasteiger partial charge in [0.2, 0.25) is 0 Å². The monoisotopic (exact) mass is 558 g/mol. The van der Waals surface area contributed by atoms with Gasteiger partial charge < -0.3 is 0 Å². The largest absolute Gasteiger partial charge is 0.289 e. The molecule has 9 rings (SSSR count). The number of ketones is 2. The minimum atomic E-state index is -0.164. The molecule has 0 aromatic heterocycles. The van der Waals surface area contributed by atoms with Crippen LogP contribution in [-0.4, -0.2) is 11.6 Å². The van der Waals surface area contributed by atoms with E-state index >= 15 is 0 Å². The molecule has 0 unspecified atom stereocenters. The first kappa shape index (κ1) is 21.9. The van der Waals surface area contributed by atoms with Gasteiger partial charge >= 0.3 is 0 Å². The molecule has 39 heavy (non-hydrogen) atoms. The number of carbonyl (C=O) groups is 2. The molecule has 7 aromatic carbocycles. The van der Waals surface area contributed by atoms with Crippen LogP contribution in [0, 0.1) is 0 Å². The molecule has 2 nitrogen and oxygen atoms in total. The van der Waals surface area contributed by atoms with E-state index < -0.39 is 0 Å². The Balaban J connectivity index is 1.50. The second kappa shape index (κ2) is 7.16. The van der Waals surface area contributed by atoms with E-state index in [4.69, 9.17) is 34.8 Å². The van der Waals surface area contributed by atoms with E-state index in [1.165, 1.54) is 0 Å². The Hall–Kier alpha value is -3.95. The third kappa shape index (κ3) is 2.47. The topological polar surface area (TPSA) is 34.1 Å². The van der Waals surface area contributed by atoms with Crippen LogP contribution in [0.15, 0.2) is 78.9 Å². The number of benzene rings is 7. The Kier molecular flexibility index (Phi) is 4.03. The number of hydrogen-bond acceptors (Lipinski definition) is 2. The maximum Gasteiger partial charge on any atom is 0.195 e. The van der Waals surface area contributed by atoms with Gasteiger partial charge in [-0.1, -0.05) is 95.5 Å². The molecule has 5 heteroatoms. The summed E-state index contributed by atoms with van der Waals surface area (Å²) in [6.45, 7) is 0. The predicted molar refractivity (Wildman–Crippen MR) is 160 cm³/mol. The molecule has 182 valence electrons. The van der Waals surface area contributed by atoms with Crippen molar-refractivity contribution in [3.05, 3.63) is 116 Å². The van der Waals surface area contributed by atoms with Gasteiger partial charge in [0, 0.05) is 27.5 Å². The first-order valence-corrected chi connectivity index (χ1v) is 13.7. The molecule has 0 spiro atoms. The second-order valence-corrected chi connectivity index (χ2v) is 11.4. The Morgan fingerprint density at radius 2 is 0.897 bits per heavy atom. The molecule has 0 aliphatic heterocycles. The van der Waals surface area contributed by atoms with Crippen molar-refractivity contribution in [1.29, 1.82) is 0 Å². The van der Waals surface area contributed by atoms with Crippen LogP contribution < -0.4 is 0 Å². The Labute approximate surface area is 236 Å². The van der Waals surface area contributed by atoms with Gasteiger partial charge in [-0.25, -0.2) is 0 Å². The van der Waals surface area contributed by atoms with Crippen molar-refractivity contribution in [1.82, 2.24) is 0 Å². The highest BCUT2D eigenvalue weighted by atomic mass is 35.5. The first-order chi connectivity index (χ1) is 19.0. The van der Waals surface area contributed by atoms with Crippen molar-refractivity contribution >= 4 is 89.5 Å². The highest BCUT2D eigenvalue weighted by molar-refractivity contribution is 6.51. The van der Waals surface area contributed by atoms with Crippen molar-refractivity contribution in [3.8, 4) is 22.3 Å². The fraction of sp³-hybridized carbons (Fsp3) is 0. The molecule has 2 aliphatic rings. The van der Waals surface area contributed by atoms with Crippen LogP contribution in [0.5, 0.6) is 0 Å². The van der Waals surface area contributed by atoms with Crippen LogP contribution in [0.3, 0.4) is 0 Å². The number of fused-ring (bicyclic) bond motifs is 6. The molecule has 0 bridgehead atoms. The molecule has 0 saturated carbocycles. The van der Waals surface area contributed by atoms with Crippen LogP contribution in [0.4, 0.5) is 0 Å². The number of hydrogen-bond donors (Lipinski definition) is 0. The summed E-state index contributed by atoms with van der Waals surface area (Å²) < 4.78 is 0. The zero-order chi connectivity index (χ0) is 26.3. The maximum absolute atomic E-state index is 13.8. The van der Waals surface area contributed by atoms with Crippen LogP contribution >= 0.6 is 34.8 Å². The van der Waals surface area contributed by atoms with Gasteiger partial charge in [-0.05, 0) is 72.8 Å². The molecule has 7 aromatic rings. The van der Waals surface area contributed by atoms with E-state index in [0.29, 0.717) is 21.7 Å². The maximum atomic E-state index is 13.8. The lowest BCUT2D eigenvalue weighted by Gasteiger charge is -2.26. The highest BCUT2D eigenvalue weighted by Gasteiger charge is 2.32. The summed E-state index contributed by atoms with van der Waals surface area (Å²) in [6.07, 6.45) is 0. The average molecular weight is 560 g/mol. The van der Waals surface area contributed by atoms with E-state index in [9.17, 15) is 9.59 Å². The van der Waals surface area contributed by atoms with E-state index in [2.05, 4.69) is 24.3 Å². The summed E-state index contributed by atoms with van der Waals surface area (Å²) in [5, 5.41) is 8.83. The Morgan fingerprint density at radius 3 is 1.49 bits per heavy atom. The van der Waals surface area contributed by atoms with Crippen LogP contribution in [-0.2, 0) is 0 Å². The van der Waals surface area contributed by atoms with Crippen molar-refractivity contribution in [2.45, 2.75) is 0 Å². The molecule has 0 atom stereocenters. The van der Waals surface area contributed by atoms with Crippen molar-refractivity contribution < 1.29 is 9.59 Å². The number of carbonyl (C=O) groups excluding carboxylic acids is 2. The zero-order valence-corrected chi connectivity index (χ0v) is 22.2. The van der Waals surface area contributed by atoms with Crippen LogP contribution in [0.1, 0.15) is 31.8 Å². The summed E-state index contributed by atoms with van der Waals surface area (Å²) in [4.78, 5) is 27.4. The molecule has 0 amide bonds. The standard InChI is InChI=1S/C34H13Cl3O2/c35-25-13-24-20-8-7-17-18-9-11-22-28-15(14-3-1-2-4-21(14)33(22)38)5-6-16(26(18)28)19-10-12-23(29(20)27(17)19)34(39)30(24)32(37)31(25)36/h1-13H. The number of rotatable bonds is 0. The number of halogens is 3. The first-order valence-electron chi connectivity index (χ1n) is 12.5. The van der Waals surface area contributed by atoms with Gasteiger partial charge in [-0.15, -0.1) is 0 Å². The van der Waals surface area contributed by atoms with Crippen molar-refractivity contribution in [3.63, 3.8) is 0 Å². The van der Waals surface area contributed by atoms with E-state index in [1.807, 2.05) is 48.5 Å². The molecule has 0 heterocycles. The molecular weight excluding hydrogens is 547 g/mol. The average Bonchev–Trinajstić information content (AvgIpc) is 2.96. The predicted octanol–water partition coefficient (Wildman–Crippen LogP) is 10.1. The smallest absolute Gasteiger partial charge is 0.195 e. The molecule has 0 radical (unpaired) electrons. The van der Waals surface area contributed by atoms with E-state index in [-0.39, 0.29) is 21.6 Å². The van der Waals surface area contributed by atoms with Gasteiger partial charge in [0.15, 0.2) is 11.6 Å². The van der Waals surface area contributed by atoms with Gasteiger partial charge in [-0.3, -0.25) is 9.59 Å². The molecule has 0 N–H and O–H groups in total. The van der Waals surface area contributed by atoms with Gasteiger partial charge in [-0.2, -0.15) is 0 Å². The lowest BCUT2D eigenvalue weighted by molar-refractivity contribution is 0.103. The summed E-state index contributed by atoms with van der Waals surface area (Å²) >= 11 is 19.3. The summed E-state index contributed by atoms with van der Waals surface area (Å²) in [5.74, 6) is -0.115. The fourth-order valence-electron chi connectivity index (χ4n) is 6.94. The second-order valence-electron chi connectivity index (χ2n) is 10.3. The summed E-state index contributed by atoms with van der Waals surface area (Å²) in [7, 11) is 0. The Bertz CT molecular complexity index is 2330. The van der Waals surface area contributed by atoms with E-state index in [1.54, 1.807) is 6.07 Å². The molecule has 0 saturated heterocycles. The lowest BCUT2D eigenvalue weighted by Crippen LogP contribution is -2.12. The zero-order valence-electron chi connectivity index (χ0n) is 20.0. The highest BCUT2D eigenvalue weighted by Crippen LogP contribution is 2.52. The van der Waals surface area contributed by atoms with Gasteiger partial charge in [0.25, 0.3) is 0 Å². The minimum absolute atomic E-state index is 0.0486. The normalized spacial score (nSPS) is 13.6. The molecule has 0 fully saturated rings. The Morgan fingerprint density at radius 1 is 0.410 bits per heavy atom. The van der Waals surface area contributed by atoms with Crippen molar-refractivity contribution in [2.75, 3.05) is 0 Å². The summed E-state index contributed by atoms with van der Waals surface area (Å²) in [6, 6.07) is 25.9. The van der Waals surface area contributed by atoms with Crippen LogP contribution in [0.25, 0.3) is 65.3 Å². The van der Waals surface area contributed by atoms with Crippen molar-refractivity contribution in [2.24, 2.45) is 0 Å². The SMILES string of the molecule is O=C1c2ccccc2-c2ccc3c4ccc5c6c(ccc(c7ccc1c2c37)c64)-c1cc(Cl)c(Cl)c(Cl)c1C5=O. The van der Waals surface area contributed by atoms with Crippen LogP contribution in [0.2, 0.25) is 15.1 Å². The third-order valence-corrected chi connectivity index (χ3v) is 9.79. The lowest BCUT2D eigenvalue weighted by atomic mass is 9.76. The van der Waals surface area contributed by atoms with E-state index in [0.717, 1.165) is 70.9 Å².